The van der Waals surface area contributed by atoms with Crippen LogP contribution >= 0.6 is 0 Å². The van der Waals surface area contributed by atoms with E-state index in [9.17, 15) is 0 Å². The Bertz CT molecular complexity index is 521. The number of rotatable bonds is 1. The Morgan fingerprint density at radius 2 is 2.14 bits per heavy atom. The van der Waals surface area contributed by atoms with E-state index in [1.54, 1.807) is 6.20 Å². The summed E-state index contributed by atoms with van der Waals surface area (Å²) in [6, 6.07) is 10.1. The van der Waals surface area contributed by atoms with Gasteiger partial charge in [0.05, 0.1) is 5.69 Å². The molecule has 2 heterocycles. The smallest absolute Gasteiger partial charge is 0.151 e. The molecule has 0 amide bonds. The molecule has 1 N–H and O–H groups in total. The van der Waals surface area contributed by atoms with Gasteiger partial charge in [0, 0.05) is 10.9 Å². The zero-order valence-corrected chi connectivity index (χ0v) is 7.27. The van der Waals surface area contributed by atoms with Gasteiger partial charge in [0.15, 0.2) is 5.69 Å². The summed E-state index contributed by atoms with van der Waals surface area (Å²) >= 11 is 0. The Morgan fingerprint density at radius 1 is 1.21 bits per heavy atom. The van der Waals surface area contributed by atoms with Crippen LogP contribution in [-0.4, -0.2) is 15.3 Å². The molecule has 0 fully saturated rings. The topological polar surface area (TPSA) is 54.7 Å². The molecule has 0 aliphatic rings. The first-order chi connectivity index (χ1) is 6.93. The normalized spacial score (nSPS) is 10.9. The van der Waals surface area contributed by atoms with Crippen molar-refractivity contribution >= 4 is 10.9 Å². The van der Waals surface area contributed by atoms with E-state index in [0.717, 1.165) is 22.3 Å². The molecule has 0 radical (unpaired) electrons. The van der Waals surface area contributed by atoms with Gasteiger partial charge < -0.3 is 4.98 Å². The molecule has 0 bridgehead atoms. The van der Waals surface area contributed by atoms with Gasteiger partial charge in [-0.25, -0.2) is 4.63 Å². The van der Waals surface area contributed by atoms with Gasteiger partial charge in [-0.2, -0.15) is 0 Å². The van der Waals surface area contributed by atoms with Crippen molar-refractivity contribution in [3.8, 4) is 11.4 Å². The van der Waals surface area contributed by atoms with Crippen LogP contribution in [0.3, 0.4) is 0 Å². The lowest BCUT2D eigenvalue weighted by molar-refractivity contribution is 0.308. The van der Waals surface area contributed by atoms with E-state index in [4.69, 9.17) is 0 Å². The second-order valence-electron chi connectivity index (χ2n) is 3.06. The standard InChI is InChI=1S/C10H7N3O/c1-2-4-8-7(3-1)5-9(12-8)10-6-11-14-13-10/h1-6,12H. The van der Waals surface area contributed by atoms with Gasteiger partial charge in [-0.1, -0.05) is 23.4 Å². The van der Waals surface area contributed by atoms with Crippen molar-refractivity contribution in [2.75, 3.05) is 0 Å². The summed E-state index contributed by atoms with van der Waals surface area (Å²) in [7, 11) is 0. The second kappa shape index (κ2) is 2.70. The van der Waals surface area contributed by atoms with Crippen molar-refractivity contribution in [2.45, 2.75) is 0 Å². The molecule has 0 saturated carbocycles. The summed E-state index contributed by atoms with van der Waals surface area (Å²) < 4.78 is 4.54. The molecule has 1 aromatic carbocycles. The fourth-order valence-corrected chi connectivity index (χ4v) is 1.49. The van der Waals surface area contributed by atoms with Crippen LogP contribution in [0.2, 0.25) is 0 Å². The summed E-state index contributed by atoms with van der Waals surface area (Å²) in [6.45, 7) is 0. The van der Waals surface area contributed by atoms with Crippen molar-refractivity contribution in [2.24, 2.45) is 0 Å². The number of hydrogen-bond donors (Lipinski definition) is 1. The second-order valence-corrected chi connectivity index (χ2v) is 3.06. The highest BCUT2D eigenvalue weighted by Gasteiger charge is 2.05. The molecule has 4 nitrogen and oxygen atoms in total. The minimum absolute atomic E-state index is 0.723. The lowest BCUT2D eigenvalue weighted by atomic mass is 10.2. The van der Waals surface area contributed by atoms with Crippen LogP contribution in [0.15, 0.2) is 41.2 Å². The van der Waals surface area contributed by atoms with Gasteiger partial charge in [-0.05, 0) is 17.3 Å². The van der Waals surface area contributed by atoms with Gasteiger partial charge in [0.1, 0.15) is 6.20 Å². The number of nitrogens with zero attached hydrogens (tertiary/aromatic N) is 2. The molecule has 3 aromatic rings. The lowest BCUT2D eigenvalue weighted by Gasteiger charge is -1.85. The van der Waals surface area contributed by atoms with Crippen LogP contribution in [-0.2, 0) is 0 Å². The monoisotopic (exact) mass is 185 g/mol. The summed E-state index contributed by atoms with van der Waals surface area (Å²) in [6.07, 6.45) is 1.59. The van der Waals surface area contributed by atoms with E-state index >= 15 is 0 Å². The average molecular weight is 185 g/mol. The highest BCUT2D eigenvalue weighted by atomic mass is 16.6. The fourth-order valence-electron chi connectivity index (χ4n) is 1.49. The van der Waals surface area contributed by atoms with Crippen molar-refractivity contribution in [3.05, 3.63) is 36.5 Å². The number of aromatic amines is 1. The molecule has 0 saturated heterocycles. The lowest BCUT2D eigenvalue weighted by Crippen LogP contribution is -1.74. The highest BCUT2D eigenvalue weighted by molar-refractivity contribution is 5.84. The molecule has 14 heavy (non-hydrogen) atoms. The molecular weight excluding hydrogens is 178 g/mol. The maximum Gasteiger partial charge on any atom is 0.151 e. The maximum atomic E-state index is 4.54. The first kappa shape index (κ1) is 7.32. The zero-order valence-electron chi connectivity index (χ0n) is 7.27. The van der Waals surface area contributed by atoms with E-state index < -0.39 is 0 Å². The third-order valence-corrected chi connectivity index (χ3v) is 2.17. The number of H-pyrrole nitrogens is 1. The van der Waals surface area contributed by atoms with E-state index in [-0.39, 0.29) is 0 Å². The summed E-state index contributed by atoms with van der Waals surface area (Å²) in [5.74, 6) is 0. The van der Waals surface area contributed by atoms with Crippen LogP contribution in [0.4, 0.5) is 0 Å². The number of benzene rings is 1. The molecular formula is C10H7N3O. The van der Waals surface area contributed by atoms with E-state index in [0.29, 0.717) is 0 Å². The third-order valence-electron chi connectivity index (χ3n) is 2.17. The van der Waals surface area contributed by atoms with Crippen molar-refractivity contribution < 1.29 is 4.63 Å². The minimum Gasteiger partial charge on any atom is -0.353 e. The van der Waals surface area contributed by atoms with Crippen molar-refractivity contribution in [1.82, 2.24) is 15.3 Å². The number of nitrogens with one attached hydrogen (secondary N) is 1. The highest BCUT2D eigenvalue weighted by Crippen LogP contribution is 2.21. The first-order valence-corrected chi connectivity index (χ1v) is 4.29. The van der Waals surface area contributed by atoms with E-state index in [1.807, 2.05) is 30.3 Å². The largest absolute Gasteiger partial charge is 0.353 e. The van der Waals surface area contributed by atoms with E-state index in [1.165, 1.54) is 0 Å². The molecule has 0 spiro atoms. The van der Waals surface area contributed by atoms with Crippen molar-refractivity contribution in [3.63, 3.8) is 0 Å². The molecule has 0 aliphatic heterocycles. The Labute approximate surface area is 79.5 Å². The molecule has 4 heteroatoms. The quantitative estimate of drug-likeness (QED) is 0.632. The summed E-state index contributed by atoms with van der Waals surface area (Å²) in [5.41, 5.74) is 2.74. The Kier molecular flexibility index (Phi) is 1.41. The summed E-state index contributed by atoms with van der Waals surface area (Å²) in [5, 5.41) is 8.48. The number of fused-ring (bicyclic) bond motifs is 1. The molecule has 0 aliphatic carbocycles. The van der Waals surface area contributed by atoms with Gasteiger partial charge in [0.25, 0.3) is 0 Å². The Hall–Kier alpha value is -2.10. The van der Waals surface area contributed by atoms with E-state index in [2.05, 4.69) is 19.9 Å². The van der Waals surface area contributed by atoms with Gasteiger partial charge in [-0.15, -0.1) is 0 Å². The number of para-hydroxylation sites is 1. The van der Waals surface area contributed by atoms with Crippen LogP contribution < -0.4 is 0 Å². The number of hydrogen-bond acceptors (Lipinski definition) is 3. The van der Waals surface area contributed by atoms with Crippen LogP contribution in [0, 0.1) is 0 Å². The van der Waals surface area contributed by atoms with Gasteiger partial charge in [0.2, 0.25) is 0 Å². The zero-order chi connectivity index (χ0) is 9.38. The third kappa shape index (κ3) is 1.01. The van der Waals surface area contributed by atoms with Crippen molar-refractivity contribution in [1.29, 1.82) is 0 Å². The Morgan fingerprint density at radius 3 is 2.93 bits per heavy atom. The minimum atomic E-state index is 0.723. The van der Waals surface area contributed by atoms with Crippen LogP contribution in [0.25, 0.3) is 22.3 Å². The predicted octanol–water partition coefficient (Wildman–Crippen LogP) is 2.22. The molecule has 0 atom stereocenters. The first-order valence-electron chi connectivity index (χ1n) is 4.29. The molecule has 0 unspecified atom stereocenters. The molecule has 2 aromatic heterocycles. The number of aromatic nitrogens is 3. The fraction of sp³-hybridized carbons (Fsp3) is 0. The van der Waals surface area contributed by atoms with Gasteiger partial charge in [-0.3, -0.25) is 0 Å². The maximum absolute atomic E-state index is 4.54. The van der Waals surface area contributed by atoms with Gasteiger partial charge >= 0.3 is 0 Å². The molecule has 68 valence electrons. The van der Waals surface area contributed by atoms with Crippen LogP contribution in [0.1, 0.15) is 0 Å². The van der Waals surface area contributed by atoms with Crippen LogP contribution in [0.5, 0.6) is 0 Å². The SMILES string of the molecule is c1ccc2[nH]c(-c3cnon3)cc2c1. The average Bonchev–Trinajstić information content (AvgIpc) is 2.86. The predicted molar refractivity (Wildman–Crippen MR) is 51.6 cm³/mol. The molecule has 3 rings (SSSR count). The summed E-state index contributed by atoms with van der Waals surface area (Å²) in [4.78, 5) is 3.24. The Balaban J connectivity index is 2.24.